The van der Waals surface area contributed by atoms with Crippen molar-refractivity contribution in [3.8, 4) is 0 Å². The summed E-state index contributed by atoms with van der Waals surface area (Å²) in [7, 11) is 0. The van der Waals surface area contributed by atoms with E-state index in [0.717, 1.165) is 44.9 Å². The number of rotatable bonds is 63. The number of unbranched alkanes of at least 4 members (excludes halogenated alkanes) is 50. The Hall–Kier alpha value is -1.66. The summed E-state index contributed by atoms with van der Waals surface area (Å²) in [5, 5.41) is 23.3. The maximum Gasteiger partial charge on any atom is 0.305 e. The van der Waals surface area contributed by atoms with Gasteiger partial charge in [-0.05, 0) is 57.8 Å². The van der Waals surface area contributed by atoms with Gasteiger partial charge in [-0.2, -0.15) is 0 Å². The van der Waals surface area contributed by atoms with E-state index in [0.29, 0.717) is 19.4 Å². The number of carbonyl (C=O) groups excluding carboxylic acids is 2. The molecule has 0 aromatic heterocycles. The van der Waals surface area contributed by atoms with Gasteiger partial charge >= 0.3 is 5.97 Å². The second-order valence-electron chi connectivity index (χ2n) is 23.2. The average molecular weight is 1040 g/mol. The molecule has 0 aliphatic rings. The summed E-state index contributed by atoms with van der Waals surface area (Å²) >= 11 is 0. The van der Waals surface area contributed by atoms with Crippen molar-refractivity contribution in [2.24, 2.45) is 0 Å². The van der Waals surface area contributed by atoms with Crippen LogP contribution in [0.2, 0.25) is 0 Å². The van der Waals surface area contributed by atoms with E-state index in [2.05, 4.69) is 31.3 Å². The van der Waals surface area contributed by atoms with E-state index in [9.17, 15) is 19.8 Å². The third-order valence-corrected chi connectivity index (χ3v) is 15.7. The van der Waals surface area contributed by atoms with Crippen LogP contribution in [-0.2, 0) is 14.3 Å². The molecular weight excluding hydrogens is 911 g/mol. The van der Waals surface area contributed by atoms with Gasteiger partial charge in [-0.25, -0.2) is 0 Å². The first-order valence-electron chi connectivity index (χ1n) is 33.6. The van der Waals surface area contributed by atoms with E-state index in [-0.39, 0.29) is 18.5 Å². The smallest absolute Gasteiger partial charge is 0.305 e. The molecule has 0 saturated carbocycles. The molecule has 74 heavy (non-hydrogen) atoms. The van der Waals surface area contributed by atoms with Gasteiger partial charge in [0.15, 0.2) is 0 Å². The van der Waals surface area contributed by atoms with Crippen LogP contribution in [0.3, 0.4) is 0 Å². The summed E-state index contributed by atoms with van der Waals surface area (Å²) in [6.45, 7) is 4.91. The van der Waals surface area contributed by atoms with Crippen molar-refractivity contribution in [2.45, 2.75) is 386 Å². The Morgan fingerprint density at radius 3 is 0.986 bits per heavy atom. The molecule has 0 radical (unpaired) electrons. The van der Waals surface area contributed by atoms with Gasteiger partial charge in [0.25, 0.3) is 0 Å². The van der Waals surface area contributed by atoms with Crippen molar-refractivity contribution in [3.63, 3.8) is 0 Å². The standard InChI is InChI=1S/C68H131NO5/c1-3-5-7-9-11-13-15-17-18-19-20-21-22-25-28-31-34-37-40-44-48-52-56-60-66(71)65(64-70)69-67(72)61-57-53-49-45-41-38-35-32-29-26-23-24-27-30-33-36-39-43-47-51-55-59-63-74-68(73)62-58-54-50-46-42-16-14-12-10-8-6-4-2/h12,14,56,60,65-66,70-71H,3-11,13,15-55,57-59,61-64H2,1-2H3,(H,69,72)/b14-12-,60-56+. The lowest BCUT2D eigenvalue weighted by molar-refractivity contribution is -0.143. The lowest BCUT2D eigenvalue weighted by Gasteiger charge is -2.20. The molecule has 2 unspecified atom stereocenters. The molecule has 0 aliphatic carbocycles. The first kappa shape index (κ1) is 72.3. The molecule has 0 fully saturated rings. The quantitative estimate of drug-likeness (QED) is 0.0320. The number of amides is 1. The molecule has 0 aromatic carbocycles. The van der Waals surface area contributed by atoms with E-state index >= 15 is 0 Å². The van der Waals surface area contributed by atoms with Crippen molar-refractivity contribution in [1.29, 1.82) is 0 Å². The minimum atomic E-state index is -0.846. The molecular formula is C68H131NO5. The Balaban J connectivity index is 3.42. The van der Waals surface area contributed by atoms with Crippen molar-refractivity contribution in [3.05, 3.63) is 24.3 Å². The number of aliphatic hydroxyl groups excluding tert-OH is 2. The fourth-order valence-electron chi connectivity index (χ4n) is 10.6. The zero-order valence-electron chi connectivity index (χ0n) is 50.1. The van der Waals surface area contributed by atoms with Gasteiger partial charge in [0.1, 0.15) is 0 Å². The molecule has 438 valence electrons. The minimum absolute atomic E-state index is 0.00323. The molecule has 6 heteroatoms. The Labute approximate surface area is 462 Å². The zero-order valence-corrected chi connectivity index (χ0v) is 50.1. The maximum atomic E-state index is 12.5. The van der Waals surface area contributed by atoms with Crippen molar-refractivity contribution in [2.75, 3.05) is 13.2 Å². The van der Waals surface area contributed by atoms with Crippen molar-refractivity contribution in [1.82, 2.24) is 5.32 Å². The van der Waals surface area contributed by atoms with E-state index in [1.807, 2.05) is 6.08 Å². The van der Waals surface area contributed by atoms with Crippen LogP contribution in [0.5, 0.6) is 0 Å². The van der Waals surface area contributed by atoms with Crippen molar-refractivity contribution < 1.29 is 24.5 Å². The Kier molecular flexibility index (Phi) is 62.4. The third kappa shape index (κ3) is 59.6. The van der Waals surface area contributed by atoms with Crippen LogP contribution >= 0.6 is 0 Å². The number of hydrogen-bond donors (Lipinski definition) is 3. The second kappa shape index (κ2) is 63.9. The van der Waals surface area contributed by atoms with E-state index in [1.54, 1.807) is 6.08 Å². The van der Waals surface area contributed by atoms with Crippen LogP contribution in [0, 0.1) is 0 Å². The number of carbonyl (C=O) groups is 2. The van der Waals surface area contributed by atoms with Gasteiger partial charge in [0.2, 0.25) is 5.91 Å². The molecule has 1 amide bonds. The molecule has 0 saturated heterocycles. The number of allylic oxidation sites excluding steroid dienone is 3. The van der Waals surface area contributed by atoms with E-state index < -0.39 is 12.1 Å². The minimum Gasteiger partial charge on any atom is -0.466 e. The van der Waals surface area contributed by atoms with Gasteiger partial charge in [0, 0.05) is 12.8 Å². The molecule has 3 N–H and O–H groups in total. The molecule has 0 rings (SSSR count). The predicted octanol–water partition coefficient (Wildman–Crippen LogP) is 21.4. The second-order valence-corrected chi connectivity index (χ2v) is 23.2. The summed E-state index contributed by atoms with van der Waals surface area (Å²) in [6.07, 6.45) is 79.5. The highest BCUT2D eigenvalue weighted by Crippen LogP contribution is 2.18. The highest BCUT2D eigenvalue weighted by molar-refractivity contribution is 5.76. The van der Waals surface area contributed by atoms with Gasteiger partial charge in [0.05, 0.1) is 25.4 Å². The van der Waals surface area contributed by atoms with Gasteiger partial charge in [-0.1, -0.05) is 327 Å². The summed E-state index contributed by atoms with van der Waals surface area (Å²) in [5.74, 6) is -0.0610. The number of hydrogen-bond acceptors (Lipinski definition) is 5. The summed E-state index contributed by atoms with van der Waals surface area (Å²) in [5.41, 5.74) is 0. The van der Waals surface area contributed by atoms with Crippen LogP contribution in [-0.4, -0.2) is 47.4 Å². The first-order valence-corrected chi connectivity index (χ1v) is 33.6. The fraction of sp³-hybridized carbons (Fsp3) is 0.912. The van der Waals surface area contributed by atoms with E-state index in [1.165, 1.54) is 302 Å². The van der Waals surface area contributed by atoms with Gasteiger partial charge < -0.3 is 20.3 Å². The third-order valence-electron chi connectivity index (χ3n) is 15.7. The van der Waals surface area contributed by atoms with Gasteiger partial charge in [-0.3, -0.25) is 9.59 Å². The monoisotopic (exact) mass is 1040 g/mol. The normalized spacial score (nSPS) is 12.6. The molecule has 0 spiro atoms. The molecule has 0 aliphatic heterocycles. The van der Waals surface area contributed by atoms with Gasteiger partial charge in [-0.15, -0.1) is 0 Å². The Morgan fingerprint density at radius 2 is 0.635 bits per heavy atom. The lowest BCUT2D eigenvalue weighted by atomic mass is 10.0. The molecule has 0 aromatic rings. The summed E-state index contributed by atoms with van der Waals surface area (Å²) in [6, 6.07) is -0.629. The van der Waals surface area contributed by atoms with Crippen LogP contribution in [0.15, 0.2) is 24.3 Å². The molecule has 0 bridgehead atoms. The van der Waals surface area contributed by atoms with Crippen LogP contribution in [0.4, 0.5) is 0 Å². The lowest BCUT2D eigenvalue weighted by Crippen LogP contribution is -2.45. The highest BCUT2D eigenvalue weighted by atomic mass is 16.5. The fourth-order valence-corrected chi connectivity index (χ4v) is 10.6. The Morgan fingerprint density at radius 1 is 0.365 bits per heavy atom. The average Bonchev–Trinajstić information content (AvgIpc) is 3.40. The topological polar surface area (TPSA) is 95.9 Å². The number of aliphatic hydroxyl groups is 2. The first-order chi connectivity index (χ1) is 36.5. The van der Waals surface area contributed by atoms with Crippen LogP contribution in [0.1, 0.15) is 373 Å². The van der Waals surface area contributed by atoms with Crippen LogP contribution < -0.4 is 5.32 Å². The molecule has 0 heterocycles. The highest BCUT2D eigenvalue weighted by Gasteiger charge is 2.18. The zero-order chi connectivity index (χ0) is 53.6. The van der Waals surface area contributed by atoms with Crippen molar-refractivity contribution >= 4 is 11.9 Å². The number of nitrogens with one attached hydrogen (secondary N) is 1. The van der Waals surface area contributed by atoms with Crippen LogP contribution in [0.25, 0.3) is 0 Å². The largest absolute Gasteiger partial charge is 0.466 e. The number of esters is 1. The SMILES string of the molecule is CCCCC/C=C\CCCCCCCC(=O)OCCCCCCCCCCCCCCCCCCCCCCCCC(=O)NC(CO)C(O)/C=C/CCCCCCCCCCCCCCCCCCCCCCC. The summed E-state index contributed by atoms with van der Waals surface area (Å²) < 4.78 is 5.47. The number of ether oxygens (including phenoxy) is 1. The van der Waals surface area contributed by atoms with E-state index in [4.69, 9.17) is 4.74 Å². The molecule has 2 atom stereocenters. The Bertz CT molecular complexity index is 1150. The predicted molar refractivity (Wildman–Crippen MR) is 324 cm³/mol. The summed E-state index contributed by atoms with van der Waals surface area (Å²) in [4.78, 5) is 24.5. The molecule has 6 nitrogen and oxygen atoms in total. The maximum absolute atomic E-state index is 12.5.